The first-order valence-electron chi connectivity index (χ1n) is 1.86. The molecule has 1 nitrogen and oxygen atoms in total. The molecule has 0 N–H and O–H groups in total. The van der Waals surface area contributed by atoms with E-state index in [0.29, 0.717) is 0 Å². The third-order valence-corrected chi connectivity index (χ3v) is 2.47. The Morgan fingerprint density at radius 1 is 1.86 bits per heavy atom. The van der Waals surface area contributed by atoms with Gasteiger partial charge in [0, 0.05) is 0 Å². The molecule has 1 rings (SSSR count). The van der Waals surface area contributed by atoms with Crippen LogP contribution in [0.15, 0.2) is 15.9 Å². The normalized spacial score (nSPS) is 9.29. The van der Waals surface area contributed by atoms with Gasteiger partial charge in [-0.1, -0.05) is 0 Å². The van der Waals surface area contributed by atoms with Crippen LogP contribution in [0.5, 0.6) is 0 Å². The summed E-state index contributed by atoms with van der Waals surface area (Å²) in [6.07, 6.45) is 3.92. The van der Waals surface area contributed by atoms with Crippen molar-refractivity contribution in [2.45, 2.75) is 4.21 Å². The third-order valence-electron chi connectivity index (χ3n) is 0.611. The molecule has 3 heteroatoms. The van der Waals surface area contributed by atoms with E-state index in [2.05, 4.69) is 4.98 Å². The maximum absolute atomic E-state index is 3.89. The van der Waals surface area contributed by atoms with Crippen LogP contribution in [0.25, 0.3) is 0 Å². The van der Waals surface area contributed by atoms with Gasteiger partial charge in [0.05, 0.1) is 15.9 Å². The molecule has 1 aromatic heterocycles. The highest BCUT2D eigenvalue weighted by molar-refractivity contribution is 8.00. The fourth-order valence-corrected chi connectivity index (χ4v) is 1.33. The van der Waals surface area contributed by atoms with Crippen molar-refractivity contribution in [1.82, 2.24) is 4.98 Å². The number of nitrogens with zero attached hydrogens (tertiary/aromatic N) is 1. The van der Waals surface area contributed by atoms with Gasteiger partial charge in [-0.3, -0.25) is 4.98 Å². The van der Waals surface area contributed by atoms with Gasteiger partial charge in [0.25, 0.3) is 0 Å². The number of rotatable bonds is 1. The molecule has 0 amide bonds. The van der Waals surface area contributed by atoms with Crippen LogP contribution in [-0.4, -0.2) is 11.2 Å². The first-order valence-corrected chi connectivity index (χ1v) is 3.96. The summed E-state index contributed by atoms with van der Waals surface area (Å²) < 4.78 is 1.28. The molecular weight excluding hydrogens is 126 g/mol. The third kappa shape index (κ3) is 1.17. The van der Waals surface area contributed by atoms with E-state index in [9.17, 15) is 0 Å². The second-order valence-electron chi connectivity index (χ2n) is 1.02. The van der Waals surface area contributed by atoms with E-state index < -0.39 is 0 Å². The maximum Gasteiger partial charge on any atom is 0.0803 e. The molecule has 0 aliphatic carbocycles. The predicted molar refractivity (Wildman–Crippen MR) is 33.9 cm³/mol. The topological polar surface area (TPSA) is 12.9 Å². The van der Waals surface area contributed by atoms with Crippen LogP contribution in [0.4, 0.5) is 0 Å². The molecule has 1 aromatic rings. The molecule has 1 heterocycles. The zero-order valence-electron chi connectivity index (χ0n) is 3.92. The molecule has 0 fully saturated rings. The van der Waals surface area contributed by atoms with Gasteiger partial charge in [0.15, 0.2) is 0 Å². The van der Waals surface area contributed by atoms with Gasteiger partial charge >= 0.3 is 0 Å². The lowest BCUT2D eigenvalue weighted by molar-refractivity contribution is 1.38. The molecular formula is C4H5NS2. The first kappa shape index (κ1) is 5.12. The van der Waals surface area contributed by atoms with Crippen LogP contribution in [0.3, 0.4) is 0 Å². The minimum absolute atomic E-state index is 1.28. The summed E-state index contributed by atoms with van der Waals surface area (Å²) >= 11 is 3.41. The van der Waals surface area contributed by atoms with Crippen molar-refractivity contribution >= 4 is 23.1 Å². The van der Waals surface area contributed by atoms with Gasteiger partial charge in [-0.25, -0.2) is 0 Å². The van der Waals surface area contributed by atoms with E-state index in [0.717, 1.165) is 0 Å². The van der Waals surface area contributed by atoms with Crippen molar-refractivity contribution < 1.29 is 0 Å². The molecule has 0 atom stereocenters. The number of thiazole rings is 1. The van der Waals surface area contributed by atoms with Crippen LogP contribution < -0.4 is 0 Å². The van der Waals surface area contributed by atoms with Crippen molar-refractivity contribution in [3.63, 3.8) is 0 Å². The Kier molecular flexibility index (Phi) is 1.70. The average Bonchev–Trinajstić information content (AvgIpc) is 2.14. The standard InChI is InChI=1S/C4H5NS2/c1-6-4-2-5-3-7-4/h2-3H,1H3. The summed E-state index contributed by atoms with van der Waals surface area (Å²) in [6, 6.07) is 0. The minimum Gasteiger partial charge on any atom is -0.252 e. The van der Waals surface area contributed by atoms with Gasteiger partial charge in [0.2, 0.25) is 0 Å². The summed E-state index contributed by atoms with van der Waals surface area (Å²) in [4.78, 5) is 3.89. The molecule has 0 aromatic carbocycles. The molecule has 0 spiro atoms. The molecule has 0 radical (unpaired) electrons. The van der Waals surface area contributed by atoms with Crippen LogP contribution >= 0.6 is 23.1 Å². The Bertz CT molecular complexity index is 124. The fourth-order valence-electron chi connectivity index (χ4n) is 0.305. The second kappa shape index (κ2) is 2.33. The van der Waals surface area contributed by atoms with Gasteiger partial charge < -0.3 is 0 Å². The van der Waals surface area contributed by atoms with Crippen molar-refractivity contribution in [3.05, 3.63) is 11.7 Å². The summed E-state index contributed by atoms with van der Waals surface area (Å²) in [7, 11) is 0. The SMILES string of the molecule is CSc1cncs1. The molecule has 0 unspecified atom stereocenters. The smallest absolute Gasteiger partial charge is 0.0803 e. The van der Waals surface area contributed by atoms with E-state index in [1.807, 2.05) is 18.0 Å². The van der Waals surface area contributed by atoms with Gasteiger partial charge in [0.1, 0.15) is 0 Å². The van der Waals surface area contributed by atoms with E-state index in [1.165, 1.54) is 4.21 Å². The highest BCUT2D eigenvalue weighted by atomic mass is 32.2. The maximum atomic E-state index is 3.89. The molecule has 0 saturated carbocycles. The minimum atomic E-state index is 1.28. The molecule has 0 bridgehead atoms. The number of thioether (sulfide) groups is 1. The molecule has 0 aliphatic rings. The van der Waals surface area contributed by atoms with E-state index >= 15 is 0 Å². The zero-order valence-corrected chi connectivity index (χ0v) is 5.55. The average molecular weight is 131 g/mol. The molecule has 7 heavy (non-hydrogen) atoms. The second-order valence-corrected chi connectivity index (χ2v) is 3.02. The Balaban J connectivity index is 2.76. The van der Waals surface area contributed by atoms with E-state index in [1.54, 1.807) is 23.1 Å². The highest BCUT2D eigenvalue weighted by Gasteiger charge is 1.84. The van der Waals surface area contributed by atoms with Crippen LogP contribution in [-0.2, 0) is 0 Å². The molecule has 0 aliphatic heterocycles. The Morgan fingerprint density at radius 3 is 3.00 bits per heavy atom. The zero-order chi connectivity index (χ0) is 5.11. The number of aromatic nitrogens is 1. The van der Waals surface area contributed by atoms with Gasteiger partial charge in [-0.2, -0.15) is 0 Å². The predicted octanol–water partition coefficient (Wildman–Crippen LogP) is 1.86. The van der Waals surface area contributed by atoms with Crippen molar-refractivity contribution in [3.8, 4) is 0 Å². The summed E-state index contributed by atoms with van der Waals surface area (Å²) in [5, 5.41) is 0. The molecule has 38 valence electrons. The Labute approximate surface area is 50.8 Å². The van der Waals surface area contributed by atoms with Gasteiger partial charge in [-0.05, 0) is 6.26 Å². The fraction of sp³-hybridized carbons (Fsp3) is 0.250. The summed E-state index contributed by atoms with van der Waals surface area (Å²) in [5.41, 5.74) is 1.84. The number of hydrogen-bond acceptors (Lipinski definition) is 3. The lowest BCUT2D eigenvalue weighted by Gasteiger charge is -1.76. The number of hydrogen-bond donors (Lipinski definition) is 0. The molecule has 0 saturated heterocycles. The van der Waals surface area contributed by atoms with Gasteiger partial charge in [-0.15, -0.1) is 23.1 Å². The lowest BCUT2D eigenvalue weighted by atomic mass is 11.0. The Hall–Kier alpha value is -0.0200. The van der Waals surface area contributed by atoms with Crippen molar-refractivity contribution in [2.75, 3.05) is 6.26 Å². The first-order chi connectivity index (χ1) is 3.43. The lowest BCUT2D eigenvalue weighted by Crippen LogP contribution is -1.50. The largest absolute Gasteiger partial charge is 0.252 e. The summed E-state index contributed by atoms with van der Waals surface area (Å²) in [5.74, 6) is 0. The quantitative estimate of drug-likeness (QED) is 0.540. The van der Waals surface area contributed by atoms with Crippen LogP contribution in [0.2, 0.25) is 0 Å². The van der Waals surface area contributed by atoms with Crippen molar-refractivity contribution in [1.29, 1.82) is 0 Å². The highest BCUT2D eigenvalue weighted by Crippen LogP contribution is 2.17. The van der Waals surface area contributed by atoms with Crippen LogP contribution in [0, 0.1) is 0 Å². The van der Waals surface area contributed by atoms with E-state index in [4.69, 9.17) is 0 Å². The monoisotopic (exact) mass is 131 g/mol. The van der Waals surface area contributed by atoms with E-state index in [-0.39, 0.29) is 0 Å². The summed E-state index contributed by atoms with van der Waals surface area (Å²) in [6.45, 7) is 0. The Morgan fingerprint density at radius 2 is 2.71 bits per heavy atom. The van der Waals surface area contributed by atoms with Crippen molar-refractivity contribution in [2.24, 2.45) is 0 Å². The van der Waals surface area contributed by atoms with Crippen LogP contribution in [0.1, 0.15) is 0 Å².